The number of aromatic nitrogens is 2. The van der Waals surface area contributed by atoms with Gasteiger partial charge in [0, 0.05) is 6.07 Å². The van der Waals surface area contributed by atoms with E-state index >= 15 is 0 Å². The maximum Gasteiger partial charge on any atom is 0.267 e. The van der Waals surface area contributed by atoms with Gasteiger partial charge in [0.05, 0.1) is 12.3 Å². The van der Waals surface area contributed by atoms with Crippen molar-refractivity contribution in [1.82, 2.24) is 9.78 Å². The molecule has 1 heterocycles. The average Bonchev–Trinajstić information content (AvgIpc) is 1.95. The first-order valence-electron chi connectivity index (χ1n) is 3.15. The van der Waals surface area contributed by atoms with Gasteiger partial charge >= 0.3 is 0 Å². The van der Waals surface area contributed by atoms with E-state index in [0.717, 1.165) is 10.2 Å². The minimum Gasteiger partial charge on any atom is -0.268 e. The lowest BCUT2D eigenvalue weighted by Crippen LogP contribution is -2.21. The molecule has 11 heavy (non-hydrogen) atoms. The Hall–Kier alpha value is -1.63. The Bertz CT molecular complexity index is 347. The summed E-state index contributed by atoms with van der Waals surface area (Å²) in [7, 11) is 0. The Kier molecular flexibility index (Phi) is 2.02. The molecular formula is C7H7N3O. The van der Waals surface area contributed by atoms with E-state index in [1.165, 1.54) is 6.07 Å². The zero-order valence-corrected chi connectivity index (χ0v) is 6.11. The van der Waals surface area contributed by atoms with Crippen LogP contribution in [0.25, 0.3) is 0 Å². The summed E-state index contributed by atoms with van der Waals surface area (Å²) < 4.78 is 1.12. The molecule has 56 valence electrons. The normalized spacial score (nSPS) is 9.09. The fourth-order valence-electron chi connectivity index (χ4n) is 0.710. The number of hydrogen-bond acceptors (Lipinski definition) is 3. The SMILES string of the molecule is Cc1cnn(CC#N)c(=O)c1. The molecular weight excluding hydrogens is 142 g/mol. The molecule has 0 aliphatic heterocycles. The summed E-state index contributed by atoms with van der Waals surface area (Å²) in [5.74, 6) is 0. The molecule has 1 aromatic rings. The summed E-state index contributed by atoms with van der Waals surface area (Å²) in [4.78, 5) is 11.0. The third-order valence-corrected chi connectivity index (χ3v) is 1.23. The second-order valence-electron chi connectivity index (χ2n) is 2.19. The first kappa shape index (κ1) is 7.48. The number of aryl methyl sites for hydroxylation is 1. The monoisotopic (exact) mass is 149 g/mol. The molecule has 0 amide bonds. The third kappa shape index (κ3) is 1.64. The van der Waals surface area contributed by atoms with Crippen molar-refractivity contribution in [3.05, 3.63) is 28.2 Å². The Labute approximate surface area is 63.7 Å². The molecule has 1 rings (SSSR count). The van der Waals surface area contributed by atoms with Crippen molar-refractivity contribution in [1.29, 1.82) is 5.26 Å². The predicted octanol–water partition coefficient (Wildman–Crippen LogP) is 0.0753. The first-order chi connectivity index (χ1) is 5.24. The average molecular weight is 149 g/mol. The predicted molar refractivity (Wildman–Crippen MR) is 38.8 cm³/mol. The van der Waals surface area contributed by atoms with Gasteiger partial charge in [-0.25, -0.2) is 4.68 Å². The van der Waals surface area contributed by atoms with Gasteiger partial charge in [0.2, 0.25) is 0 Å². The quantitative estimate of drug-likeness (QED) is 0.568. The van der Waals surface area contributed by atoms with E-state index in [0.29, 0.717) is 0 Å². The Morgan fingerprint density at radius 3 is 3.09 bits per heavy atom. The van der Waals surface area contributed by atoms with Crippen molar-refractivity contribution in [2.24, 2.45) is 0 Å². The second kappa shape index (κ2) is 2.97. The maximum absolute atomic E-state index is 11.0. The smallest absolute Gasteiger partial charge is 0.267 e. The van der Waals surface area contributed by atoms with Crippen molar-refractivity contribution < 1.29 is 0 Å². The highest BCUT2D eigenvalue weighted by atomic mass is 16.1. The molecule has 0 saturated carbocycles. The van der Waals surface area contributed by atoms with Gasteiger partial charge in [-0.2, -0.15) is 10.4 Å². The van der Waals surface area contributed by atoms with Gasteiger partial charge in [-0.3, -0.25) is 4.79 Å². The molecule has 0 N–H and O–H groups in total. The van der Waals surface area contributed by atoms with Crippen LogP contribution in [0.5, 0.6) is 0 Å². The fourth-order valence-corrected chi connectivity index (χ4v) is 0.710. The van der Waals surface area contributed by atoms with Gasteiger partial charge in [-0.1, -0.05) is 0 Å². The van der Waals surface area contributed by atoms with Crippen LogP contribution in [0.1, 0.15) is 5.56 Å². The van der Waals surface area contributed by atoms with Crippen LogP contribution >= 0.6 is 0 Å². The molecule has 0 bridgehead atoms. The highest BCUT2D eigenvalue weighted by Gasteiger charge is 1.94. The van der Waals surface area contributed by atoms with Gasteiger partial charge in [0.15, 0.2) is 0 Å². The highest BCUT2D eigenvalue weighted by Crippen LogP contribution is 1.85. The number of rotatable bonds is 1. The number of hydrogen-bond donors (Lipinski definition) is 0. The lowest BCUT2D eigenvalue weighted by Gasteiger charge is -1.96. The third-order valence-electron chi connectivity index (χ3n) is 1.23. The zero-order chi connectivity index (χ0) is 8.27. The van der Waals surface area contributed by atoms with E-state index in [2.05, 4.69) is 5.10 Å². The molecule has 0 aliphatic rings. The van der Waals surface area contributed by atoms with E-state index in [1.807, 2.05) is 6.07 Å². The number of nitriles is 1. The van der Waals surface area contributed by atoms with Crippen molar-refractivity contribution in [2.45, 2.75) is 13.5 Å². The van der Waals surface area contributed by atoms with Crippen LogP contribution in [-0.2, 0) is 6.54 Å². The molecule has 0 fully saturated rings. The molecule has 4 heteroatoms. The molecule has 1 aromatic heterocycles. The van der Waals surface area contributed by atoms with Gasteiger partial charge in [0.1, 0.15) is 6.54 Å². The van der Waals surface area contributed by atoms with E-state index in [1.54, 1.807) is 13.1 Å². The highest BCUT2D eigenvalue weighted by molar-refractivity contribution is 5.02. The van der Waals surface area contributed by atoms with Crippen LogP contribution < -0.4 is 5.56 Å². The van der Waals surface area contributed by atoms with Gasteiger partial charge < -0.3 is 0 Å². The number of nitrogens with zero attached hydrogens (tertiary/aromatic N) is 3. The molecule has 0 atom stereocenters. The van der Waals surface area contributed by atoms with Crippen molar-refractivity contribution >= 4 is 0 Å². The zero-order valence-electron chi connectivity index (χ0n) is 6.11. The summed E-state index contributed by atoms with van der Waals surface area (Å²) >= 11 is 0. The summed E-state index contributed by atoms with van der Waals surface area (Å²) in [6.45, 7) is 1.80. The van der Waals surface area contributed by atoms with E-state index in [4.69, 9.17) is 5.26 Å². The van der Waals surface area contributed by atoms with Gasteiger partial charge in [0.25, 0.3) is 5.56 Å². The minimum absolute atomic E-state index is 0.0130. The fraction of sp³-hybridized carbons (Fsp3) is 0.286. The van der Waals surface area contributed by atoms with Gasteiger partial charge in [-0.15, -0.1) is 0 Å². The molecule has 4 nitrogen and oxygen atoms in total. The van der Waals surface area contributed by atoms with Crippen LogP contribution in [0.2, 0.25) is 0 Å². The van der Waals surface area contributed by atoms with E-state index in [-0.39, 0.29) is 12.1 Å². The first-order valence-corrected chi connectivity index (χ1v) is 3.15. The Morgan fingerprint density at radius 2 is 2.55 bits per heavy atom. The second-order valence-corrected chi connectivity index (χ2v) is 2.19. The minimum atomic E-state index is -0.230. The Morgan fingerprint density at radius 1 is 1.82 bits per heavy atom. The molecule has 0 saturated heterocycles. The molecule has 0 radical (unpaired) electrons. The summed E-state index contributed by atoms with van der Waals surface area (Å²) in [5, 5.41) is 12.0. The van der Waals surface area contributed by atoms with Crippen LogP contribution in [0.15, 0.2) is 17.1 Å². The molecule has 0 spiro atoms. The summed E-state index contributed by atoms with van der Waals surface area (Å²) in [6.07, 6.45) is 1.55. The topological polar surface area (TPSA) is 58.7 Å². The van der Waals surface area contributed by atoms with Crippen LogP contribution in [0, 0.1) is 18.3 Å². The van der Waals surface area contributed by atoms with Crippen molar-refractivity contribution in [3.8, 4) is 6.07 Å². The standard InChI is InChI=1S/C7H7N3O/c1-6-4-7(11)10(3-2-8)9-5-6/h4-5H,3H2,1H3. The molecule has 0 aromatic carbocycles. The largest absolute Gasteiger partial charge is 0.268 e. The molecule has 0 aliphatic carbocycles. The lowest BCUT2D eigenvalue weighted by molar-refractivity contribution is 0.655. The van der Waals surface area contributed by atoms with E-state index in [9.17, 15) is 4.79 Å². The van der Waals surface area contributed by atoms with Crippen LogP contribution in [0.3, 0.4) is 0 Å². The van der Waals surface area contributed by atoms with Crippen LogP contribution in [-0.4, -0.2) is 9.78 Å². The lowest BCUT2D eigenvalue weighted by atomic mass is 10.3. The molecule has 0 unspecified atom stereocenters. The van der Waals surface area contributed by atoms with Crippen molar-refractivity contribution in [3.63, 3.8) is 0 Å². The summed E-state index contributed by atoms with van der Waals surface area (Å²) in [5.41, 5.74) is 0.579. The summed E-state index contributed by atoms with van der Waals surface area (Å²) in [6, 6.07) is 3.29. The van der Waals surface area contributed by atoms with E-state index < -0.39 is 0 Å². The van der Waals surface area contributed by atoms with Crippen LogP contribution in [0.4, 0.5) is 0 Å². The van der Waals surface area contributed by atoms with Crippen molar-refractivity contribution in [2.75, 3.05) is 0 Å². The maximum atomic E-state index is 11.0. The van der Waals surface area contributed by atoms with Gasteiger partial charge in [-0.05, 0) is 12.5 Å². The Balaban J connectivity index is 3.12.